The van der Waals surface area contributed by atoms with Crippen LogP contribution >= 0.6 is 0 Å². The highest BCUT2D eigenvalue weighted by atomic mass is 14.6. The number of benzene rings is 1. The van der Waals surface area contributed by atoms with Crippen LogP contribution in [-0.2, 0) is 11.8 Å². The summed E-state index contributed by atoms with van der Waals surface area (Å²) in [5, 5.41) is 0. The minimum atomic E-state index is 0.242. The van der Waals surface area contributed by atoms with E-state index in [1.54, 1.807) is 0 Å². The van der Waals surface area contributed by atoms with Gasteiger partial charge in [0.25, 0.3) is 0 Å². The minimum Gasteiger partial charge on any atom is -0.330 e. The average Bonchev–Trinajstić information content (AvgIpc) is 2.26. The molecule has 88 valence electrons. The van der Waals surface area contributed by atoms with E-state index in [0.717, 1.165) is 6.54 Å². The van der Waals surface area contributed by atoms with E-state index in [-0.39, 0.29) is 5.41 Å². The molecular weight excluding hydrogens is 194 g/mol. The molecular formula is C15H23N. The smallest absolute Gasteiger partial charge is 0.000813 e. The molecule has 16 heavy (non-hydrogen) atoms. The monoisotopic (exact) mass is 217 g/mol. The first-order valence-electron chi connectivity index (χ1n) is 6.36. The maximum atomic E-state index is 5.88. The summed E-state index contributed by atoms with van der Waals surface area (Å²) in [5.74, 6) is 0.589. The first kappa shape index (κ1) is 11.7. The van der Waals surface area contributed by atoms with Gasteiger partial charge in [-0.15, -0.1) is 0 Å². The normalized spacial score (nSPS) is 20.6. The third-order valence-corrected chi connectivity index (χ3v) is 3.73. The van der Waals surface area contributed by atoms with Crippen molar-refractivity contribution in [2.75, 3.05) is 6.54 Å². The molecule has 2 N–H and O–H groups in total. The number of rotatable bonds is 1. The Kier molecular flexibility index (Phi) is 3.07. The fourth-order valence-corrected chi connectivity index (χ4v) is 2.61. The van der Waals surface area contributed by atoms with Crippen molar-refractivity contribution < 1.29 is 0 Å². The summed E-state index contributed by atoms with van der Waals surface area (Å²) in [6.45, 7) is 7.61. The van der Waals surface area contributed by atoms with Gasteiger partial charge in [-0.25, -0.2) is 0 Å². The topological polar surface area (TPSA) is 26.0 Å². The van der Waals surface area contributed by atoms with E-state index in [2.05, 4.69) is 39.0 Å². The summed E-state index contributed by atoms with van der Waals surface area (Å²) in [6.07, 6.45) is 3.79. The van der Waals surface area contributed by atoms with Gasteiger partial charge in [0, 0.05) is 0 Å². The quantitative estimate of drug-likeness (QED) is 0.767. The summed E-state index contributed by atoms with van der Waals surface area (Å²) in [4.78, 5) is 0. The number of aryl methyl sites for hydroxylation is 1. The van der Waals surface area contributed by atoms with E-state index in [0.29, 0.717) is 5.92 Å². The fraction of sp³-hybridized carbons (Fsp3) is 0.600. The molecule has 0 aliphatic heterocycles. The first-order chi connectivity index (χ1) is 7.52. The molecule has 0 bridgehead atoms. The van der Waals surface area contributed by atoms with E-state index in [1.165, 1.54) is 36.0 Å². The molecule has 0 radical (unpaired) electrons. The molecule has 2 rings (SSSR count). The zero-order chi connectivity index (χ0) is 11.8. The Balaban J connectivity index is 2.43. The van der Waals surface area contributed by atoms with Crippen LogP contribution in [0.4, 0.5) is 0 Å². The summed E-state index contributed by atoms with van der Waals surface area (Å²) in [7, 11) is 0. The van der Waals surface area contributed by atoms with E-state index >= 15 is 0 Å². The molecule has 1 heteroatoms. The van der Waals surface area contributed by atoms with Gasteiger partial charge in [0.15, 0.2) is 0 Å². The maximum Gasteiger partial charge on any atom is -0.000813 e. The largest absolute Gasteiger partial charge is 0.330 e. The zero-order valence-corrected chi connectivity index (χ0v) is 10.7. The van der Waals surface area contributed by atoms with Crippen LogP contribution in [0.2, 0.25) is 0 Å². The molecule has 0 fully saturated rings. The van der Waals surface area contributed by atoms with Crippen molar-refractivity contribution in [1.82, 2.24) is 0 Å². The van der Waals surface area contributed by atoms with Gasteiger partial charge in [0.2, 0.25) is 0 Å². The Morgan fingerprint density at radius 1 is 1.31 bits per heavy atom. The van der Waals surface area contributed by atoms with Crippen molar-refractivity contribution in [2.24, 2.45) is 5.73 Å². The summed E-state index contributed by atoms with van der Waals surface area (Å²) >= 11 is 0. The van der Waals surface area contributed by atoms with Gasteiger partial charge in [0.05, 0.1) is 0 Å². The van der Waals surface area contributed by atoms with Crippen molar-refractivity contribution in [3.63, 3.8) is 0 Å². The lowest BCUT2D eigenvalue weighted by Crippen LogP contribution is -2.20. The molecule has 1 aliphatic rings. The van der Waals surface area contributed by atoms with Crippen molar-refractivity contribution in [1.29, 1.82) is 0 Å². The van der Waals surface area contributed by atoms with Crippen LogP contribution in [0.3, 0.4) is 0 Å². The van der Waals surface area contributed by atoms with E-state index in [4.69, 9.17) is 5.73 Å². The van der Waals surface area contributed by atoms with Crippen molar-refractivity contribution in [3.8, 4) is 0 Å². The lowest BCUT2D eigenvalue weighted by Gasteiger charge is -2.28. The molecule has 1 atom stereocenters. The SMILES string of the molecule is CC(C)(C)c1ccc2c(c1)C(CN)CCC2. The molecule has 0 saturated heterocycles. The number of nitrogens with two attached hydrogens (primary N) is 1. The first-order valence-corrected chi connectivity index (χ1v) is 6.36. The van der Waals surface area contributed by atoms with Crippen LogP contribution in [0.15, 0.2) is 18.2 Å². The van der Waals surface area contributed by atoms with E-state index < -0.39 is 0 Å². The van der Waals surface area contributed by atoms with Crippen LogP contribution in [0.1, 0.15) is 56.2 Å². The van der Waals surface area contributed by atoms with Crippen molar-refractivity contribution in [3.05, 3.63) is 34.9 Å². The Bertz CT molecular complexity index is 374. The Morgan fingerprint density at radius 3 is 2.69 bits per heavy atom. The van der Waals surface area contributed by atoms with Crippen LogP contribution in [-0.4, -0.2) is 6.54 Å². The molecule has 1 aromatic carbocycles. The van der Waals surface area contributed by atoms with Crippen LogP contribution in [0.5, 0.6) is 0 Å². The number of hydrogen-bond donors (Lipinski definition) is 1. The molecule has 1 aromatic rings. The summed E-state index contributed by atoms with van der Waals surface area (Å²) in [6, 6.07) is 7.00. The van der Waals surface area contributed by atoms with Gasteiger partial charge < -0.3 is 5.73 Å². The highest BCUT2D eigenvalue weighted by Gasteiger charge is 2.22. The third kappa shape index (κ3) is 2.15. The molecule has 0 spiro atoms. The zero-order valence-electron chi connectivity index (χ0n) is 10.7. The highest BCUT2D eigenvalue weighted by Crippen LogP contribution is 2.34. The van der Waals surface area contributed by atoms with Gasteiger partial charge in [-0.1, -0.05) is 39.0 Å². The predicted octanol–water partition coefficient (Wildman–Crippen LogP) is 3.36. The third-order valence-electron chi connectivity index (χ3n) is 3.73. The second-order valence-corrected chi connectivity index (χ2v) is 5.99. The summed E-state index contributed by atoms with van der Waals surface area (Å²) < 4.78 is 0. The van der Waals surface area contributed by atoms with Crippen molar-refractivity contribution in [2.45, 2.75) is 51.4 Å². The highest BCUT2D eigenvalue weighted by molar-refractivity contribution is 5.39. The van der Waals surface area contributed by atoms with Crippen LogP contribution in [0.25, 0.3) is 0 Å². The second-order valence-electron chi connectivity index (χ2n) is 5.99. The standard InChI is InChI=1S/C15H23N/c1-15(2,3)13-8-7-11-5-4-6-12(10-16)14(11)9-13/h7-9,12H,4-6,10,16H2,1-3H3. The molecule has 1 unspecified atom stereocenters. The molecule has 0 saturated carbocycles. The molecule has 1 nitrogen and oxygen atoms in total. The molecule has 0 aromatic heterocycles. The Labute approximate surface area is 99.0 Å². The summed E-state index contributed by atoms with van der Waals surface area (Å²) in [5.41, 5.74) is 10.6. The van der Waals surface area contributed by atoms with E-state index in [1.807, 2.05) is 0 Å². The number of fused-ring (bicyclic) bond motifs is 1. The van der Waals surface area contributed by atoms with Crippen molar-refractivity contribution >= 4 is 0 Å². The van der Waals surface area contributed by atoms with E-state index in [9.17, 15) is 0 Å². The van der Waals surface area contributed by atoms with Gasteiger partial charge in [-0.2, -0.15) is 0 Å². The average molecular weight is 217 g/mol. The predicted molar refractivity (Wildman–Crippen MR) is 69.9 cm³/mol. The van der Waals surface area contributed by atoms with Crippen LogP contribution in [0, 0.1) is 0 Å². The van der Waals surface area contributed by atoms with Gasteiger partial charge in [-0.3, -0.25) is 0 Å². The lowest BCUT2D eigenvalue weighted by molar-refractivity contribution is 0.550. The molecule has 0 heterocycles. The fourth-order valence-electron chi connectivity index (χ4n) is 2.61. The van der Waals surface area contributed by atoms with Crippen LogP contribution < -0.4 is 5.73 Å². The van der Waals surface area contributed by atoms with Gasteiger partial charge in [0.1, 0.15) is 0 Å². The van der Waals surface area contributed by atoms with Gasteiger partial charge >= 0.3 is 0 Å². The van der Waals surface area contributed by atoms with Gasteiger partial charge in [-0.05, 0) is 53.8 Å². The minimum absolute atomic E-state index is 0.242. The maximum absolute atomic E-state index is 5.88. The Morgan fingerprint density at radius 2 is 2.06 bits per heavy atom. The lowest BCUT2D eigenvalue weighted by atomic mass is 9.78. The molecule has 1 aliphatic carbocycles. The molecule has 0 amide bonds. The second kappa shape index (κ2) is 4.21. The number of hydrogen-bond acceptors (Lipinski definition) is 1. The Hall–Kier alpha value is -0.820.